The third-order valence-electron chi connectivity index (χ3n) is 7.88. The Labute approximate surface area is 261 Å². The third-order valence-corrected chi connectivity index (χ3v) is 7.88. The van der Waals surface area contributed by atoms with E-state index in [1.807, 2.05) is 4.90 Å². The lowest BCUT2D eigenvalue weighted by atomic mass is 10.1. The summed E-state index contributed by atoms with van der Waals surface area (Å²) in [5, 5.41) is 0. The number of ether oxygens (including phenoxy) is 2. The number of hydrogen-bond donors (Lipinski definition) is 0. The highest BCUT2D eigenvalue weighted by molar-refractivity contribution is 5.76. The molecule has 0 N–H and O–H groups in total. The van der Waals surface area contributed by atoms with E-state index < -0.39 is 0 Å². The maximum atomic E-state index is 13.1. The van der Waals surface area contributed by atoms with Gasteiger partial charge in [0.05, 0.1) is 13.2 Å². The standard InChI is InChI=1S/C36H70N2O4/c1-6-8-10-12-13-14-15-16-17-18-19-20-21-23-25-28-36(40)42-33-34(32-41-5)31-38(30-26-29-37(3)4)35(39)27-24-22-11-9-7-2/h16-17,34H,6-15,18-33H2,1-5H3/b17-16-. The Morgan fingerprint density at radius 2 is 1.17 bits per heavy atom. The summed E-state index contributed by atoms with van der Waals surface area (Å²) < 4.78 is 11.1. The number of amides is 1. The second-order valence-corrected chi connectivity index (χ2v) is 12.5. The minimum Gasteiger partial charge on any atom is -0.465 e. The average molecular weight is 595 g/mol. The van der Waals surface area contributed by atoms with Crippen molar-refractivity contribution in [2.24, 2.45) is 5.92 Å². The first-order valence-corrected chi connectivity index (χ1v) is 17.7. The van der Waals surface area contributed by atoms with E-state index in [-0.39, 0.29) is 17.8 Å². The fraction of sp³-hybridized carbons (Fsp3) is 0.889. The minimum absolute atomic E-state index is 0.00328. The van der Waals surface area contributed by atoms with Crippen LogP contribution in [0.4, 0.5) is 0 Å². The Morgan fingerprint density at radius 3 is 1.71 bits per heavy atom. The fourth-order valence-electron chi connectivity index (χ4n) is 5.26. The van der Waals surface area contributed by atoms with Crippen molar-refractivity contribution >= 4 is 11.9 Å². The first-order chi connectivity index (χ1) is 20.4. The zero-order chi connectivity index (χ0) is 31.1. The Bertz CT molecular complexity index is 638. The molecule has 0 fully saturated rings. The Morgan fingerprint density at radius 1 is 0.643 bits per heavy atom. The summed E-state index contributed by atoms with van der Waals surface area (Å²) in [5.41, 5.74) is 0. The van der Waals surface area contributed by atoms with Crippen LogP contribution in [0.15, 0.2) is 12.2 Å². The molecule has 0 bridgehead atoms. The number of nitrogens with zero attached hydrogens (tertiary/aromatic N) is 2. The molecule has 248 valence electrons. The summed E-state index contributed by atoms with van der Waals surface area (Å²) >= 11 is 0. The quantitative estimate of drug-likeness (QED) is 0.0455. The summed E-state index contributed by atoms with van der Waals surface area (Å²) in [7, 11) is 5.79. The zero-order valence-corrected chi connectivity index (χ0v) is 28.6. The van der Waals surface area contributed by atoms with Crippen LogP contribution >= 0.6 is 0 Å². The fourth-order valence-corrected chi connectivity index (χ4v) is 5.26. The molecule has 0 aliphatic carbocycles. The van der Waals surface area contributed by atoms with Gasteiger partial charge in [0.1, 0.15) is 0 Å². The molecule has 6 nitrogen and oxygen atoms in total. The van der Waals surface area contributed by atoms with Crippen LogP contribution in [0.3, 0.4) is 0 Å². The van der Waals surface area contributed by atoms with Gasteiger partial charge in [0.25, 0.3) is 0 Å². The van der Waals surface area contributed by atoms with Crippen LogP contribution in [0, 0.1) is 5.92 Å². The highest BCUT2D eigenvalue weighted by Crippen LogP contribution is 2.13. The number of allylic oxidation sites excluding steroid dienone is 2. The number of rotatable bonds is 31. The van der Waals surface area contributed by atoms with E-state index in [2.05, 4.69) is 45.0 Å². The molecule has 0 aliphatic rings. The highest BCUT2D eigenvalue weighted by Gasteiger charge is 2.20. The maximum Gasteiger partial charge on any atom is 0.305 e. The molecule has 1 unspecified atom stereocenters. The van der Waals surface area contributed by atoms with Gasteiger partial charge in [-0.15, -0.1) is 0 Å². The van der Waals surface area contributed by atoms with Crippen LogP contribution in [0.1, 0.15) is 149 Å². The first-order valence-electron chi connectivity index (χ1n) is 17.7. The van der Waals surface area contributed by atoms with Gasteiger partial charge >= 0.3 is 5.97 Å². The van der Waals surface area contributed by atoms with Crippen molar-refractivity contribution in [1.82, 2.24) is 9.80 Å². The van der Waals surface area contributed by atoms with E-state index in [0.717, 1.165) is 45.2 Å². The van der Waals surface area contributed by atoms with Crippen LogP contribution in [-0.2, 0) is 19.1 Å². The summed E-state index contributed by atoms with van der Waals surface area (Å²) in [6, 6.07) is 0. The molecule has 0 aromatic heterocycles. The number of carbonyl (C=O) groups is 2. The van der Waals surface area contributed by atoms with E-state index in [4.69, 9.17) is 9.47 Å². The maximum absolute atomic E-state index is 13.1. The van der Waals surface area contributed by atoms with Crippen LogP contribution in [0.5, 0.6) is 0 Å². The molecular weight excluding hydrogens is 524 g/mol. The lowest BCUT2D eigenvalue weighted by Crippen LogP contribution is -2.39. The zero-order valence-electron chi connectivity index (χ0n) is 28.6. The summed E-state index contributed by atoms with van der Waals surface area (Å²) in [6.45, 7) is 7.52. The molecule has 1 atom stereocenters. The van der Waals surface area contributed by atoms with E-state index in [0.29, 0.717) is 32.6 Å². The molecular formula is C36H70N2O4. The summed E-state index contributed by atoms with van der Waals surface area (Å²) in [4.78, 5) is 29.6. The smallest absolute Gasteiger partial charge is 0.305 e. The molecule has 1 amide bonds. The number of hydrogen-bond acceptors (Lipinski definition) is 5. The topological polar surface area (TPSA) is 59.1 Å². The normalized spacial score (nSPS) is 12.3. The second-order valence-electron chi connectivity index (χ2n) is 12.5. The van der Waals surface area contributed by atoms with E-state index in [9.17, 15) is 9.59 Å². The first kappa shape index (κ1) is 40.6. The number of unbranched alkanes of at least 4 members (excludes halogenated alkanes) is 15. The van der Waals surface area contributed by atoms with Gasteiger partial charge in [-0.1, -0.05) is 103 Å². The molecule has 0 heterocycles. The van der Waals surface area contributed by atoms with Gasteiger partial charge in [-0.3, -0.25) is 9.59 Å². The van der Waals surface area contributed by atoms with E-state index >= 15 is 0 Å². The molecule has 42 heavy (non-hydrogen) atoms. The molecule has 0 aromatic carbocycles. The van der Waals surface area contributed by atoms with Gasteiger partial charge in [-0.05, 0) is 65.6 Å². The molecule has 0 rings (SSSR count). The van der Waals surface area contributed by atoms with Crippen molar-refractivity contribution in [3.8, 4) is 0 Å². The summed E-state index contributed by atoms with van der Waals surface area (Å²) in [6.07, 6.45) is 28.6. The van der Waals surface area contributed by atoms with E-state index in [1.54, 1.807) is 7.11 Å². The van der Waals surface area contributed by atoms with Gasteiger partial charge in [-0.25, -0.2) is 0 Å². The van der Waals surface area contributed by atoms with Gasteiger partial charge in [-0.2, -0.15) is 0 Å². The second kappa shape index (κ2) is 31.0. The van der Waals surface area contributed by atoms with Crippen LogP contribution in [0.2, 0.25) is 0 Å². The lowest BCUT2D eigenvalue weighted by Gasteiger charge is -2.28. The molecule has 0 spiro atoms. The average Bonchev–Trinajstić information content (AvgIpc) is 2.97. The highest BCUT2D eigenvalue weighted by atomic mass is 16.5. The molecule has 0 saturated carbocycles. The number of methoxy groups -OCH3 is 1. The number of esters is 1. The van der Waals surface area contributed by atoms with Crippen molar-refractivity contribution in [2.75, 3.05) is 54.1 Å². The Balaban J connectivity index is 4.21. The monoisotopic (exact) mass is 595 g/mol. The molecule has 0 aromatic rings. The van der Waals surface area contributed by atoms with Gasteiger partial charge in [0.2, 0.25) is 5.91 Å². The van der Waals surface area contributed by atoms with Crippen molar-refractivity contribution < 1.29 is 19.1 Å². The summed E-state index contributed by atoms with van der Waals surface area (Å²) in [5.74, 6) is 0.0811. The van der Waals surface area contributed by atoms with Gasteiger partial charge < -0.3 is 19.3 Å². The van der Waals surface area contributed by atoms with Gasteiger partial charge in [0, 0.05) is 39.0 Å². The van der Waals surface area contributed by atoms with Crippen molar-refractivity contribution in [3.63, 3.8) is 0 Å². The number of carbonyl (C=O) groups excluding carboxylic acids is 2. The Kier molecular flexibility index (Phi) is 30.0. The SMILES string of the molecule is CCCCCCCC/C=C\CCCCCCCC(=O)OCC(COC)CN(CCCN(C)C)C(=O)CCCCCCC. The molecule has 0 saturated heterocycles. The van der Waals surface area contributed by atoms with Gasteiger partial charge in [0.15, 0.2) is 0 Å². The molecule has 0 radical (unpaired) electrons. The molecule has 0 aliphatic heterocycles. The predicted octanol–water partition coefficient (Wildman–Crippen LogP) is 8.97. The van der Waals surface area contributed by atoms with Crippen molar-refractivity contribution in [2.45, 2.75) is 149 Å². The predicted molar refractivity (Wildman–Crippen MR) is 179 cm³/mol. The van der Waals surface area contributed by atoms with Crippen LogP contribution in [-0.4, -0.2) is 75.7 Å². The minimum atomic E-state index is -0.130. The Hall–Kier alpha value is -1.40. The molecule has 6 heteroatoms. The van der Waals surface area contributed by atoms with Crippen LogP contribution < -0.4 is 0 Å². The largest absolute Gasteiger partial charge is 0.465 e. The van der Waals surface area contributed by atoms with Crippen LogP contribution in [0.25, 0.3) is 0 Å². The third kappa shape index (κ3) is 27.4. The lowest BCUT2D eigenvalue weighted by molar-refractivity contribution is -0.146. The van der Waals surface area contributed by atoms with Crippen molar-refractivity contribution in [1.29, 1.82) is 0 Å². The van der Waals surface area contributed by atoms with Crippen molar-refractivity contribution in [3.05, 3.63) is 12.2 Å². The van der Waals surface area contributed by atoms with E-state index in [1.165, 1.54) is 89.9 Å².